The van der Waals surface area contributed by atoms with Crippen molar-refractivity contribution >= 4 is 0 Å². The molecule has 0 heterocycles. The predicted molar refractivity (Wildman–Crippen MR) is 60.3 cm³/mol. The fourth-order valence-corrected chi connectivity index (χ4v) is 1.58. The molecule has 0 rings (SSSR count). The summed E-state index contributed by atoms with van der Waals surface area (Å²) < 4.78 is 5.58. The molecule has 0 radical (unpaired) electrons. The Kier molecular flexibility index (Phi) is 5.38. The topological polar surface area (TPSA) is 29.5 Å². The molecule has 0 spiro atoms. The van der Waals surface area contributed by atoms with Crippen LogP contribution in [0.4, 0.5) is 0 Å². The minimum Gasteiger partial charge on any atom is -0.390 e. The third-order valence-electron chi connectivity index (χ3n) is 2.11. The molecular formula is C12H24O2. The highest BCUT2D eigenvalue weighted by Gasteiger charge is 2.31. The molecule has 2 heteroatoms. The number of ether oxygens (including phenoxy) is 1. The minimum atomic E-state index is -0.451. The molecule has 0 saturated heterocycles. The van der Waals surface area contributed by atoms with Crippen molar-refractivity contribution in [2.75, 3.05) is 6.61 Å². The summed E-state index contributed by atoms with van der Waals surface area (Å²) in [5, 5.41) is 9.96. The average molecular weight is 200 g/mol. The lowest BCUT2D eigenvalue weighted by Crippen LogP contribution is -2.40. The minimum absolute atomic E-state index is 0.0368. The number of aliphatic hydroxyl groups excluding tert-OH is 1. The zero-order chi connectivity index (χ0) is 11.4. The van der Waals surface area contributed by atoms with Crippen LogP contribution in [0.2, 0.25) is 0 Å². The zero-order valence-corrected chi connectivity index (χ0v) is 10.1. The van der Waals surface area contributed by atoms with Gasteiger partial charge < -0.3 is 9.84 Å². The second-order valence-corrected chi connectivity index (χ2v) is 4.97. The smallest absolute Gasteiger partial charge is 0.0884 e. The molecule has 0 amide bonds. The Morgan fingerprint density at radius 1 is 1.43 bits per heavy atom. The van der Waals surface area contributed by atoms with E-state index in [1.807, 2.05) is 13.8 Å². The van der Waals surface area contributed by atoms with Gasteiger partial charge in [-0.3, -0.25) is 0 Å². The van der Waals surface area contributed by atoms with E-state index in [1.54, 1.807) is 0 Å². The summed E-state index contributed by atoms with van der Waals surface area (Å²) in [5.41, 5.74) is 0.955. The fourth-order valence-electron chi connectivity index (χ4n) is 1.58. The quantitative estimate of drug-likeness (QED) is 0.691. The Bertz CT molecular complexity index is 179. The van der Waals surface area contributed by atoms with Crippen molar-refractivity contribution in [3.63, 3.8) is 0 Å². The van der Waals surface area contributed by atoms with Crippen molar-refractivity contribution in [2.45, 2.75) is 53.2 Å². The van der Waals surface area contributed by atoms with Gasteiger partial charge in [0.05, 0.1) is 12.2 Å². The number of hydrogen-bond acceptors (Lipinski definition) is 2. The Morgan fingerprint density at radius 3 is 2.21 bits per heavy atom. The molecule has 1 N–H and O–H groups in total. The molecule has 2 unspecified atom stereocenters. The molecule has 0 aromatic carbocycles. The molecule has 0 fully saturated rings. The van der Waals surface area contributed by atoms with Crippen LogP contribution in [0.3, 0.4) is 0 Å². The van der Waals surface area contributed by atoms with Gasteiger partial charge in [0.1, 0.15) is 0 Å². The summed E-state index contributed by atoms with van der Waals surface area (Å²) in [5.74, 6) is 0. The van der Waals surface area contributed by atoms with Crippen molar-refractivity contribution in [3.05, 3.63) is 12.2 Å². The van der Waals surface area contributed by atoms with Crippen LogP contribution in [0.25, 0.3) is 0 Å². The van der Waals surface area contributed by atoms with Gasteiger partial charge in [-0.15, -0.1) is 6.58 Å². The lowest BCUT2D eigenvalue weighted by atomic mass is 9.84. The van der Waals surface area contributed by atoms with Gasteiger partial charge in [-0.2, -0.15) is 0 Å². The molecule has 0 aromatic rings. The first-order chi connectivity index (χ1) is 6.29. The van der Waals surface area contributed by atoms with Gasteiger partial charge >= 0.3 is 0 Å². The van der Waals surface area contributed by atoms with Crippen molar-refractivity contribution in [1.29, 1.82) is 0 Å². The molecule has 0 aliphatic carbocycles. The highest BCUT2D eigenvalue weighted by Crippen LogP contribution is 2.27. The zero-order valence-electron chi connectivity index (χ0n) is 10.1. The van der Waals surface area contributed by atoms with Crippen LogP contribution < -0.4 is 0 Å². The summed E-state index contributed by atoms with van der Waals surface area (Å²) in [6.07, 6.45) is 0.0405. The van der Waals surface area contributed by atoms with E-state index in [2.05, 4.69) is 27.4 Å². The van der Waals surface area contributed by atoms with Crippen LogP contribution in [0.15, 0.2) is 12.2 Å². The normalized spacial score (nSPS) is 16.4. The number of hydrogen-bond donors (Lipinski definition) is 1. The summed E-state index contributed by atoms with van der Waals surface area (Å²) in [6.45, 7) is 14.5. The first-order valence-corrected chi connectivity index (χ1v) is 5.23. The second-order valence-electron chi connectivity index (χ2n) is 4.97. The Morgan fingerprint density at radius 2 is 1.93 bits per heavy atom. The Labute approximate surface area is 88.0 Å². The number of rotatable bonds is 5. The first-order valence-electron chi connectivity index (χ1n) is 5.23. The monoisotopic (exact) mass is 200 g/mol. The standard InChI is InChI=1S/C12H24O2/c1-7-14-11(12(4,5)6)10(13)8-9(2)3/h10-11,13H,2,7-8H2,1,3-6H3. The second kappa shape index (κ2) is 5.52. The van der Waals surface area contributed by atoms with Crippen LogP contribution in [0.1, 0.15) is 41.0 Å². The maximum absolute atomic E-state index is 9.96. The van der Waals surface area contributed by atoms with Crippen LogP contribution in [0.5, 0.6) is 0 Å². The highest BCUT2D eigenvalue weighted by molar-refractivity contribution is 4.95. The van der Waals surface area contributed by atoms with Crippen molar-refractivity contribution in [2.24, 2.45) is 5.41 Å². The lowest BCUT2D eigenvalue weighted by molar-refractivity contribution is -0.0872. The van der Waals surface area contributed by atoms with Gasteiger partial charge in [0.25, 0.3) is 0 Å². The molecule has 0 saturated carbocycles. The average Bonchev–Trinajstić information content (AvgIpc) is 1.96. The van der Waals surface area contributed by atoms with Gasteiger partial charge in [-0.1, -0.05) is 26.3 Å². The van der Waals surface area contributed by atoms with Gasteiger partial charge in [0, 0.05) is 6.61 Å². The van der Waals surface area contributed by atoms with Crippen LogP contribution in [0, 0.1) is 5.41 Å². The Balaban J connectivity index is 4.40. The largest absolute Gasteiger partial charge is 0.390 e. The SMILES string of the molecule is C=C(C)CC(O)C(OCC)C(C)(C)C. The van der Waals surface area contributed by atoms with Gasteiger partial charge in [-0.05, 0) is 25.7 Å². The molecule has 2 nitrogen and oxygen atoms in total. The van der Waals surface area contributed by atoms with Gasteiger partial charge in [-0.25, -0.2) is 0 Å². The summed E-state index contributed by atoms with van der Waals surface area (Å²) in [7, 11) is 0. The van der Waals surface area contributed by atoms with E-state index in [0.29, 0.717) is 13.0 Å². The van der Waals surface area contributed by atoms with E-state index < -0.39 is 6.10 Å². The molecular weight excluding hydrogens is 176 g/mol. The number of aliphatic hydroxyl groups is 1. The van der Waals surface area contributed by atoms with E-state index in [1.165, 1.54) is 0 Å². The summed E-state index contributed by atoms with van der Waals surface area (Å²) in [6, 6.07) is 0. The van der Waals surface area contributed by atoms with E-state index in [0.717, 1.165) is 5.57 Å². The third kappa shape index (κ3) is 4.77. The van der Waals surface area contributed by atoms with E-state index in [4.69, 9.17) is 4.74 Å². The van der Waals surface area contributed by atoms with Crippen LogP contribution in [-0.4, -0.2) is 23.9 Å². The molecule has 2 atom stereocenters. The molecule has 14 heavy (non-hydrogen) atoms. The summed E-state index contributed by atoms with van der Waals surface area (Å²) >= 11 is 0. The van der Waals surface area contributed by atoms with E-state index in [-0.39, 0.29) is 11.5 Å². The molecule has 84 valence electrons. The Hall–Kier alpha value is -0.340. The van der Waals surface area contributed by atoms with Crippen LogP contribution >= 0.6 is 0 Å². The van der Waals surface area contributed by atoms with Gasteiger partial charge in [0.2, 0.25) is 0 Å². The molecule has 0 bridgehead atoms. The molecule has 0 aliphatic rings. The van der Waals surface area contributed by atoms with Crippen molar-refractivity contribution in [3.8, 4) is 0 Å². The first kappa shape index (κ1) is 13.7. The maximum atomic E-state index is 9.96. The van der Waals surface area contributed by atoms with E-state index >= 15 is 0 Å². The summed E-state index contributed by atoms with van der Waals surface area (Å²) in [4.78, 5) is 0. The van der Waals surface area contributed by atoms with Crippen molar-refractivity contribution < 1.29 is 9.84 Å². The van der Waals surface area contributed by atoms with Crippen molar-refractivity contribution in [1.82, 2.24) is 0 Å². The molecule has 0 aliphatic heterocycles. The van der Waals surface area contributed by atoms with E-state index in [9.17, 15) is 5.11 Å². The highest BCUT2D eigenvalue weighted by atomic mass is 16.5. The lowest BCUT2D eigenvalue weighted by Gasteiger charge is -2.34. The third-order valence-corrected chi connectivity index (χ3v) is 2.11. The predicted octanol–water partition coefficient (Wildman–Crippen LogP) is 2.76. The maximum Gasteiger partial charge on any atom is 0.0884 e. The van der Waals surface area contributed by atoms with Gasteiger partial charge in [0.15, 0.2) is 0 Å². The fraction of sp³-hybridized carbons (Fsp3) is 0.833. The van der Waals surface area contributed by atoms with Crippen LogP contribution in [-0.2, 0) is 4.74 Å². The molecule has 0 aromatic heterocycles.